The molecule has 3 aromatic rings. The van der Waals surface area contributed by atoms with Gasteiger partial charge in [-0.1, -0.05) is 23.4 Å². The summed E-state index contributed by atoms with van der Waals surface area (Å²) in [6, 6.07) is 12.7. The minimum atomic E-state index is -0.522. The van der Waals surface area contributed by atoms with Gasteiger partial charge in [0.2, 0.25) is 5.91 Å². The average molecular weight is 418 g/mol. The Kier molecular flexibility index (Phi) is 6.11. The summed E-state index contributed by atoms with van der Waals surface area (Å²) < 4.78 is 5.45. The van der Waals surface area contributed by atoms with Gasteiger partial charge in [0.15, 0.2) is 11.5 Å². The number of carbonyl (C=O) groups excluding carboxylic acids is 2. The van der Waals surface area contributed by atoms with Gasteiger partial charge in [0.1, 0.15) is 6.04 Å². The van der Waals surface area contributed by atoms with Crippen molar-refractivity contribution in [3.63, 3.8) is 0 Å². The molecule has 4 rings (SSSR count). The van der Waals surface area contributed by atoms with Gasteiger partial charge in [-0.2, -0.15) is 0 Å². The van der Waals surface area contributed by atoms with Gasteiger partial charge < -0.3 is 14.7 Å². The van der Waals surface area contributed by atoms with Gasteiger partial charge in [-0.3, -0.25) is 14.6 Å². The maximum atomic E-state index is 13.2. The van der Waals surface area contributed by atoms with E-state index in [1.54, 1.807) is 17.2 Å². The smallest absolute Gasteiger partial charge is 0.276 e. The summed E-state index contributed by atoms with van der Waals surface area (Å²) in [6.45, 7) is 4.93. The van der Waals surface area contributed by atoms with Crippen LogP contribution in [-0.2, 0) is 11.3 Å². The van der Waals surface area contributed by atoms with Crippen molar-refractivity contribution in [1.82, 2.24) is 20.4 Å². The number of carbonyl (C=O) groups is 2. The number of pyridine rings is 1. The zero-order valence-electron chi connectivity index (χ0n) is 17.8. The van der Waals surface area contributed by atoms with E-state index in [0.29, 0.717) is 25.3 Å². The van der Waals surface area contributed by atoms with E-state index in [4.69, 9.17) is 4.52 Å². The minimum Gasteiger partial charge on any atom is -0.355 e. The second-order valence-corrected chi connectivity index (χ2v) is 7.92. The van der Waals surface area contributed by atoms with E-state index >= 15 is 0 Å². The summed E-state index contributed by atoms with van der Waals surface area (Å²) in [4.78, 5) is 31.8. The number of rotatable bonds is 5. The number of benzene rings is 1. The molecule has 0 radical (unpaired) electrons. The topological polar surface area (TPSA) is 88.3 Å². The Balaban J connectivity index is 1.47. The number of hydrogen-bond acceptors (Lipinski definition) is 5. The lowest BCUT2D eigenvalue weighted by atomic mass is 10.0. The molecule has 1 aliphatic rings. The average Bonchev–Trinajstić information content (AvgIpc) is 3.30. The molecule has 1 atom stereocenters. The Labute approximate surface area is 181 Å². The number of likely N-dealkylation sites (tertiary alicyclic amines) is 1. The number of nitrogens with one attached hydrogen (secondary N) is 1. The van der Waals surface area contributed by atoms with E-state index < -0.39 is 6.04 Å². The largest absolute Gasteiger partial charge is 0.355 e. The molecule has 3 heterocycles. The van der Waals surface area contributed by atoms with Crippen LogP contribution in [0, 0.1) is 13.8 Å². The van der Waals surface area contributed by atoms with Crippen molar-refractivity contribution in [2.75, 3.05) is 6.54 Å². The third-order valence-corrected chi connectivity index (χ3v) is 5.76. The fourth-order valence-corrected chi connectivity index (χ4v) is 3.80. The predicted octanol–water partition coefficient (Wildman–Crippen LogP) is 3.66. The van der Waals surface area contributed by atoms with Crippen LogP contribution in [0.15, 0.2) is 53.2 Å². The molecule has 1 saturated heterocycles. The summed E-state index contributed by atoms with van der Waals surface area (Å²) in [5, 5.41) is 6.91. The Morgan fingerprint density at radius 2 is 2.00 bits per heavy atom. The third kappa shape index (κ3) is 4.66. The van der Waals surface area contributed by atoms with E-state index in [2.05, 4.69) is 15.5 Å². The first-order chi connectivity index (χ1) is 15.0. The Hall–Kier alpha value is -3.48. The molecule has 0 spiro atoms. The quantitative estimate of drug-likeness (QED) is 0.683. The summed E-state index contributed by atoms with van der Waals surface area (Å²) in [7, 11) is 0. The first kappa shape index (κ1) is 20.8. The molecule has 1 N–H and O–H groups in total. The van der Waals surface area contributed by atoms with Gasteiger partial charge in [-0.15, -0.1) is 0 Å². The van der Waals surface area contributed by atoms with E-state index in [9.17, 15) is 9.59 Å². The Morgan fingerprint density at radius 1 is 1.13 bits per heavy atom. The monoisotopic (exact) mass is 418 g/mol. The van der Waals surface area contributed by atoms with Crippen LogP contribution in [0.2, 0.25) is 0 Å². The first-order valence-corrected chi connectivity index (χ1v) is 10.6. The first-order valence-electron chi connectivity index (χ1n) is 10.6. The fourth-order valence-electron chi connectivity index (χ4n) is 3.80. The lowest BCUT2D eigenvalue weighted by Crippen LogP contribution is -2.51. The van der Waals surface area contributed by atoms with Crippen LogP contribution in [-0.4, -0.2) is 39.4 Å². The van der Waals surface area contributed by atoms with Gasteiger partial charge in [0.25, 0.3) is 5.91 Å². The highest BCUT2D eigenvalue weighted by Crippen LogP contribution is 2.25. The molecular weight excluding hydrogens is 392 g/mol. The number of hydrogen-bond donors (Lipinski definition) is 1. The molecule has 0 aliphatic carbocycles. The zero-order chi connectivity index (χ0) is 21.8. The predicted molar refractivity (Wildman–Crippen MR) is 116 cm³/mol. The van der Waals surface area contributed by atoms with E-state index in [0.717, 1.165) is 29.7 Å². The molecule has 0 saturated carbocycles. The summed E-state index contributed by atoms with van der Waals surface area (Å²) in [6.07, 6.45) is 4.08. The molecular formula is C24H26N4O3. The van der Waals surface area contributed by atoms with E-state index in [-0.39, 0.29) is 17.5 Å². The molecule has 1 unspecified atom stereocenters. The van der Waals surface area contributed by atoms with Gasteiger partial charge >= 0.3 is 0 Å². The summed E-state index contributed by atoms with van der Waals surface area (Å²) >= 11 is 0. The molecule has 7 nitrogen and oxygen atoms in total. The molecule has 7 heteroatoms. The number of aromatic nitrogens is 2. The second-order valence-electron chi connectivity index (χ2n) is 7.92. The van der Waals surface area contributed by atoms with E-state index in [1.807, 2.05) is 50.2 Å². The molecule has 1 aliphatic heterocycles. The molecule has 1 fully saturated rings. The van der Waals surface area contributed by atoms with Gasteiger partial charge in [0, 0.05) is 24.4 Å². The highest BCUT2D eigenvalue weighted by molar-refractivity contribution is 5.96. The Bertz CT molecular complexity index is 1080. The maximum absolute atomic E-state index is 13.2. The van der Waals surface area contributed by atoms with E-state index in [1.165, 1.54) is 5.56 Å². The van der Waals surface area contributed by atoms with Crippen LogP contribution in [0.5, 0.6) is 0 Å². The summed E-state index contributed by atoms with van der Waals surface area (Å²) in [5.41, 5.74) is 4.20. The molecule has 160 valence electrons. The molecule has 0 bridgehead atoms. The normalized spacial score (nSPS) is 16.2. The van der Waals surface area contributed by atoms with Crippen LogP contribution in [0.25, 0.3) is 11.3 Å². The van der Waals surface area contributed by atoms with Crippen molar-refractivity contribution >= 4 is 11.8 Å². The number of piperidine rings is 1. The minimum absolute atomic E-state index is 0.170. The molecule has 1 aromatic carbocycles. The Morgan fingerprint density at radius 3 is 2.77 bits per heavy atom. The number of amides is 2. The zero-order valence-corrected chi connectivity index (χ0v) is 17.8. The van der Waals surface area contributed by atoms with Crippen molar-refractivity contribution in [2.24, 2.45) is 0 Å². The van der Waals surface area contributed by atoms with Crippen molar-refractivity contribution in [2.45, 2.75) is 45.7 Å². The van der Waals surface area contributed by atoms with Crippen LogP contribution < -0.4 is 5.32 Å². The molecule has 31 heavy (non-hydrogen) atoms. The standard InChI is InChI=1S/C24H26N4O3/c1-16-9-10-18(13-17(16)2)22-14-20(27-31-22)24(30)28-12-6-4-8-21(28)23(29)26-15-19-7-3-5-11-25-19/h3,5,7,9-11,13-14,21H,4,6,8,12,15H2,1-2H3,(H,26,29). The number of nitrogens with zero attached hydrogens (tertiary/aromatic N) is 3. The number of aryl methyl sites for hydroxylation is 2. The lowest BCUT2D eigenvalue weighted by Gasteiger charge is -2.34. The molecule has 2 amide bonds. The van der Waals surface area contributed by atoms with Crippen LogP contribution >= 0.6 is 0 Å². The second kappa shape index (κ2) is 9.12. The SMILES string of the molecule is Cc1ccc(-c2cc(C(=O)N3CCCCC3C(=O)NCc3ccccn3)no2)cc1C. The van der Waals surface area contributed by atoms with Gasteiger partial charge in [0.05, 0.1) is 12.2 Å². The highest BCUT2D eigenvalue weighted by atomic mass is 16.5. The van der Waals surface area contributed by atoms with Crippen molar-refractivity contribution in [1.29, 1.82) is 0 Å². The van der Waals surface area contributed by atoms with Crippen LogP contribution in [0.3, 0.4) is 0 Å². The summed E-state index contributed by atoms with van der Waals surface area (Å²) in [5.74, 6) is 0.0905. The van der Waals surface area contributed by atoms with Crippen LogP contribution in [0.1, 0.15) is 46.6 Å². The fraction of sp³-hybridized carbons (Fsp3) is 0.333. The van der Waals surface area contributed by atoms with Crippen molar-refractivity contribution in [3.8, 4) is 11.3 Å². The van der Waals surface area contributed by atoms with Crippen molar-refractivity contribution in [3.05, 3.63) is 71.2 Å². The third-order valence-electron chi connectivity index (χ3n) is 5.76. The maximum Gasteiger partial charge on any atom is 0.276 e. The van der Waals surface area contributed by atoms with Gasteiger partial charge in [-0.25, -0.2) is 0 Å². The molecule has 2 aromatic heterocycles. The van der Waals surface area contributed by atoms with Crippen LogP contribution in [0.4, 0.5) is 0 Å². The van der Waals surface area contributed by atoms with Gasteiger partial charge in [-0.05, 0) is 62.4 Å². The highest BCUT2D eigenvalue weighted by Gasteiger charge is 2.34. The van der Waals surface area contributed by atoms with Crippen molar-refractivity contribution < 1.29 is 14.1 Å². The lowest BCUT2D eigenvalue weighted by molar-refractivity contribution is -0.126.